The number of aromatic nitrogens is 3. The average Bonchev–Trinajstić information content (AvgIpc) is 3.19. The lowest BCUT2D eigenvalue weighted by Gasteiger charge is -2.07. The number of carbonyl (C=O) groups is 1. The van der Waals surface area contributed by atoms with Gasteiger partial charge in [0.25, 0.3) is 11.5 Å². The summed E-state index contributed by atoms with van der Waals surface area (Å²) in [5.41, 5.74) is 2.35. The predicted octanol–water partition coefficient (Wildman–Crippen LogP) is 4.45. The number of fused-ring (bicyclic) bond motifs is 2. The molecule has 0 saturated heterocycles. The number of amides is 1. The first kappa shape index (κ1) is 17.3. The highest BCUT2D eigenvalue weighted by molar-refractivity contribution is 7.21. The third-order valence-corrected chi connectivity index (χ3v) is 5.66. The summed E-state index contributed by atoms with van der Waals surface area (Å²) < 4.78 is 1.11. The highest BCUT2D eigenvalue weighted by atomic mass is 32.1. The Morgan fingerprint density at radius 3 is 2.59 bits per heavy atom. The van der Waals surface area contributed by atoms with Crippen molar-refractivity contribution >= 4 is 43.9 Å². The lowest BCUT2D eigenvalue weighted by molar-refractivity contribution is 0.102. The fraction of sp³-hybridized carbons (Fsp3) is 0. The van der Waals surface area contributed by atoms with Crippen molar-refractivity contribution in [3.63, 3.8) is 0 Å². The number of thiazole rings is 1. The normalized spacial score (nSPS) is 11.0. The first-order chi connectivity index (χ1) is 14.2. The van der Waals surface area contributed by atoms with Crippen LogP contribution in [0.1, 0.15) is 10.5 Å². The average molecular weight is 398 g/mol. The van der Waals surface area contributed by atoms with Gasteiger partial charge in [-0.05, 0) is 30.3 Å². The van der Waals surface area contributed by atoms with Gasteiger partial charge in [-0.25, -0.2) is 10.1 Å². The number of nitrogens with one attached hydrogen (secondary N) is 2. The molecule has 0 saturated carbocycles. The second-order valence-electron chi connectivity index (χ2n) is 6.47. The summed E-state index contributed by atoms with van der Waals surface area (Å²) in [4.78, 5) is 29.4. The van der Waals surface area contributed by atoms with E-state index in [-0.39, 0.29) is 17.2 Å². The molecule has 0 aliphatic carbocycles. The standard InChI is InChI=1S/C22H14N4O2S/c27-20-16-9-2-1-8-15(16)19(25-26-20)21(28)23-14-7-5-6-13(12-14)22-24-17-10-3-4-11-18(17)29-22/h1-12H,(H,23,28)(H,26,27). The Labute approximate surface area is 168 Å². The molecule has 6 nitrogen and oxygen atoms in total. The molecule has 29 heavy (non-hydrogen) atoms. The molecule has 2 heterocycles. The Balaban J connectivity index is 1.49. The Kier molecular flexibility index (Phi) is 4.14. The van der Waals surface area contributed by atoms with Gasteiger partial charge >= 0.3 is 0 Å². The van der Waals surface area contributed by atoms with Gasteiger partial charge in [-0.2, -0.15) is 5.10 Å². The highest BCUT2D eigenvalue weighted by Gasteiger charge is 2.15. The maximum Gasteiger partial charge on any atom is 0.276 e. The van der Waals surface area contributed by atoms with E-state index in [9.17, 15) is 9.59 Å². The van der Waals surface area contributed by atoms with Crippen LogP contribution in [0.4, 0.5) is 5.69 Å². The summed E-state index contributed by atoms with van der Waals surface area (Å²) in [6, 6.07) is 22.4. The van der Waals surface area contributed by atoms with E-state index in [2.05, 4.69) is 20.5 Å². The van der Waals surface area contributed by atoms with Crippen LogP contribution in [0.25, 0.3) is 31.6 Å². The Bertz CT molecular complexity index is 1400. The summed E-state index contributed by atoms with van der Waals surface area (Å²) in [7, 11) is 0. The minimum Gasteiger partial charge on any atom is -0.321 e. The number of benzene rings is 3. The number of hydrogen-bond acceptors (Lipinski definition) is 5. The van der Waals surface area contributed by atoms with Crippen molar-refractivity contribution in [3.05, 3.63) is 88.8 Å². The smallest absolute Gasteiger partial charge is 0.276 e. The Morgan fingerprint density at radius 1 is 0.931 bits per heavy atom. The summed E-state index contributed by atoms with van der Waals surface area (Å²) in [5.74, 6) is -0.390. The maximum atomic E-state index is 12.8. The van der Waals surface area contributed by atoms with E-state index in [1.165, 1.54) is 0 Å². The Morgan fingerprint density at radius 2 is 1.72 bits per heavy atom. The van der Waals surface area contributed by atoms with Crippen molar-refractivity contribution in [1.82, 2.24) is 15.2 Å². The van der Waals surface area contributed by atoms with Crippen molar-refractivity contribution in [2.45, 2.75) is 0 Å². The minimum absolute atomic E-state index is 0.172. The van der Waals surface area contributed by atoms with E-state index in [4.69, 9.17) is 0 Å². The molecule has 1 amide bonds. The molecular formula is C22H14N4O2S. The van der Waals surface area contributed by atoms with Crippen molar-refractivity contribution in [2.75, 3.05) is 5.32 Å². The molecule has 0 radical (unpaired) electrons. The molecule has 0 bridgehead atoms. The number of aromatic amines is 1. The van der Waals surface area contributed by atoms with E-state index in [1.54, 1.807) is 35.6 Å². The van der Waals surface area contributed by atoms with Crippen LogP contribution in [0.5, 0.6) is 0 Å². The van der Waals surface area contributed by atoms with E-state index < -0.39 is 0 Å². The van der Waals surface area contributed by atoms with Crippen LogP contribution >= 0.6 is 11.3 Å². The van der Waals surface area contributed by atoms with Crippen molar-refractivity contribution in [2.24, 2.45) is 0 Å². The molecule has 5 rings (SSSR count). The molecule has 0 spiro atoms. The number of carbonyl (C=O) groups excluding carboxylic acids is 1. The molecule has 0 unspecified atom stereocenters. The summed E-state index contributed by atoms with van der Waals surface area (Å²) in [6.07, 6.45) is 0. The zero-order valence-corrected chi connectivity index (χ0v) is 15.9. The van der Waals surface area contributed by atoms with Crippen LogP contribution in [0.3, 0.4) is 0 Å². The monoisotopic (exact) mass is 398 g/mol. The number of nitrogens with zero attached hydrogens (tertiary/aromatic N) is 2. The van der Waals surface area contributed by atoms with Gasteiger partial charge in [-0.15, -0.1) is 11.3 Å². The molecule has 7 heteroatoms. The zero-order chi connectivity index (χ0) is 19.8. The third kappa shape index (κ3) is 3.17. The number of para-hydroxylation sites is 1. The molecule has 0 fully saturated rings. The third-order valence-electron chi connectivity index (χ3n) is 4.57. The van der Waals surface area contributed by atoms with Crippen molar-refractivity contribution in [3.8, 4) is 10.6 Å². The van der Waals surface area contributed by atoms with Crippen LogP contribution in [0.15, 0.2) is 77.6 Å². The van der Waals surface area contributed by atoms with Crippen LogP contribution in [0, 0.1) is 0 Å². The summed E-state index contributed by atoms with van der Waals surface area (Å²) in [5, 5.41) is 11.0. The number of H-pyrrole nitrogens is 1. The molecule has 140 valence electrons. The van der Waals surface area contributed by atoms with Gasteiger partial charge in [0.05, 0.1) is 15.6 Å². The van der Waals surface area contributed by atoms with Crippen LogP contribution < -0.4 is 10.9 Å². The van der Waals surface area contributed by atoms with E-state index in [1.807, 2.05) is 48.5 Å². The van der Waals surface area contributed by atoms with Crippen LogP contribution in [-0.4, -0.2) is 21.1 Å². The van der Waals surface area contributed by atoms with Gasteiger partial charge in [0.1, 0.15) is 5.01 Å². The van der Waals surface area contributed by atoms with Gasteiger partial charge in [0, 0.05) is 16.6 Å². The second-order valence-corrected chi connectivity index (χ2v) is 7.50. The SMILES string of the molecule is O=C(Nc1cccc(-c2nc3ccccc3s2)c1)c1n[nH]c(=O)c2ccccc12. The number of rotatable bonds is 3. The van der Waals surface area contributed by atoms with E-state index in [0.29, 0.717) is 16.5 Å². The van der Waals surface area contributed by atoms with Gasteiger partial charge in [-0.1, -0.05) is 42.5 Å². The van der Waals surface area contributed by atoms with Crippen LogP contribution in [0.2, 0.25) is 0 Å². The molecule has 0 atom stereocenters. The topological polar surface area (TPSA) is 87.7 Å². The van der Waals surface area contributed by atoms with Gasteiger partial charge in [0.2, 0.25) is 0 Å². The largest absolute Gasteiger partial charge is 0.321 e. The molecule has 2 aromatic heterocycles. The number of hydrogen-bond donors (Lipinski definition) is 2. The zero-order valence-electron chi connectivity index (χ0n) is 15.0. The molecule has 0 aliphatic heterocycles. The summed E-state index contributed by atoms with van der Waals surface area (Å²) in [6.45, 7) is 0. The predicted molar refractivity (Wildman–Crippen MR) is 115 cm³/mol. The minimum atomic E-state index is -0.390. The van der Waals surface area contributed by atoms with E-state index in [0.717, 1.165) is 20.8 Å². The highest BCUT2D eigenvalue weighted by Crippen LogP contribution is 2.31. The summed E-state index contributed by atoms with van der Waals surface area (Å²) >= 11 is 1.60. The van der Waals surface area contributed by atoms with Gasteiger partial charge < -0.3 is 5.32 Å². The first-order valence-corrected chi connectivity index (χ1v) is 9.75. The van der Waals surface area contributed by atoms with Gasteiger partial charge in [0.15, 0.2) is 5.69 Å². The van der Waals surface area contributed by atoms with E-state index >= 15 is 0 Å². The second kappa shape index (κ2) is 6.96. The van der Waals surface area contributed by atoms with Crippen molar-refractivity contribution in [1.29, 1.82) is 0 Å². The fourth-order valence-electron chi connectivity index (χ4n) is 3.20. The number of anilines is 1. The quantitative estimate of drug-likeness (QED) is 0.470. The Hall–Kier alpha value is -3.84. The fourth-order valence-corrected chi connectivity index (χ4v) is 4.17. The molecule has 3 aromatic carbocycles. The van der Waals surface area contributed by atoms with Crippen LogP contribution in [-0.2, 0) is 0 Å². The molecule has 2 N–H and O–H groups in total. The first-order valence-electron chi connectivity index (χ1n) is 8.94. The molecule has 0 aliphatic rings. The van der Waals surface area contributed by atoms with Crippen molar-refractivity contribution < 1.29 is 4.79 Å². The van der Waals surface area contributed by atoms with Gasteiger partial charge in [-0.3, -0.25) is 9.59 Å². The molecule has 5 aromatic rings. The lowest BCUT2D eigenvalue weighted by Crippen LogP contribution is -2.19. The molecular weight excluding hydrogens is 384 g/mol. The lowest BCUT2D eigenvalue weighted by atomic mass is 10.1. The maximum absolute atomic E-state index is 12.8.